The minimum atomic E-state index is -4.01. The normalized spacial score (nSPS) is 10.7. The number of nitrogens with zero attached hydrogens (tertiary/aromatic N) is 1. The van der Waals surface area contributed by atoms with E-state index in [2.05, 4.69) is 0 Å². The van der Waals surface area contributed by atoms with Crippen LogP contribution >= 0.6 is 0 Å². The third-order valence-electron chi connectivity index (χ3n) is 2.68. The first-order chi connectivity index (χ1) is 10.4. The molecule has 0 aliphatic heterocycles. The van der Waals surface area contributed by atoms with Crippen LogP contribution in [0.5, 0.6) is 0 Å². The van der Waals surface area contributed by atoms with E-state index in [4.69, 9.17) is 5.26 Å². The van der Waals surface area contributed by atoms with E-state index in [-0.39, 0.29) is 16.0 Å². The highest BCUT2D eigenvalue weighted by atomic mass is 32.2. The Kier molecular flexibility index (Phi) is 4.50. The summed E-state index contributed by atoms with van der Waals surface area (Å²) in [6.45, 7) is 0. The van der Waals surface area contributed by atoms with Crippen molar-refractivity contribution in [3.8, 4) is 6.07 Å². The predicted molar refractivity (Wildman–Crippen MR) is 75.3 cm³/mol. The maximum absolute atomic E-state index is 12.7. The summed E-state index contributed by atoms with van der Waals surface area (Å²) in [6.07, 6.45) is 0. The quantitative estimate of drug-likeness (QED) is 0.830. The van der Waals surface area contributed by atoms with Gasteiger partial charge in [0.1, 0.15) is 5.82 Å². The molecule has 0 aliphatic carbocycles. The van der Waals surface area contributed by atoms with Crippen LogP contribution in [-0.2, 0) is 10.0 Å². The van der Waals surface area contributed by atoms with Gasteiger partial charge in [-0.05, 0) is 42.5 Å². The fraction of sp³-hybridized carbons (Fsp3) is 0. The van der Waals surface area contributed by atoms with E-state index in [0.29, 0.717) is 0 Å². The lowest BCUT2D eigenvalue weighted by atomic mass is 10.2. The van der Waals surface area contributed by atoms with Crippen molar-refractivity contribution in [1.82, 2.24) is 10.3 Å². The van der Waals surface area contributed by atoms with Crippen LogP contribution in [0.4, 0.5) is 4.39 Å². The number of hydrogen-bond acceptors (Lipinski definition) is 4. The van der Waals surface area contributed by atoms with E-state index in [1.165, 1.54) is 36.4 Å². The third kappa shape index (κ3) is 3.66. The number of carbonyl (C=O) groups is 1. The van der Waals surface area contributed by atoms with Crippen LogP contribution in [0.15, 0.2) is 53.4 Å². The number of benzene rings is 2. The van der Waals surface area contributed by atoms with Crippen molar-refractivity contribution in [2.75, 3.05) is 0 Å². The zero-order chi connectivity index (χ0) is 16.2. The molecule has 6 nitrogen and oxygen atoms in total. The molecule has 0 saturated carbocycles. The van der Waals surface area contributed by atoms with Gasteiger partial charge in [-0.2, -0.15) is 5.26 Å². The summed E-state index contributed by atoms with van der Waals surface area (Å²) in [7, 11) is -4.01. The van der Waals surface area contributed by atoms with Crippen molar-refractivity contribution in [2.45, 2.75) is 4.90 Å². The van der Waals surface area contributed by atoms with Gasteiger partial charge < -0.3 is 0 Å². The van der Waals surface area contributed by atoms with E-state index < -0.39 is 21.7 Å². The predicted octanol–water partition coefficient (Wildman–Crippen LogP) is 1.32. The minimum Gasteiger partial charge on any atom is -0.273 e. The van der Waals surface area contributed by atoms with E-state index in [9.17, 15) is 17.6 Å². The van der Waals surface area contributed by atoms with Gasteiger partial charge in [-0.25, -0.2) is 12.8 Å². The molecular weight excluding hydrogens is 309 g/mol. The van der Waals surface area contributed by atoms with Gasteiger partial charge in [0.2, 0.25) is 0 Å². The molecule has 0 aliphatic rings. The summed E-state index contributed by atoms with van der Waals surface area (Å²) < 4.78 is 36.7. The summed E-state index contributed by atoms with van der Waals surface area (Å²) in [6, 6.07) is 11.7. The van der Waals surface area contributed by atoms with Crippen LogP contribution in [0.1, 0.15) is 15.9 Å². The van der Waals surface area contributed by atoms with Crippen molar-refractivity contribution in [2.24, 2.45) is 0 Å². The number of nitrogens with one attached hydrogen (secondary N) is 2. The Morgan fingerprint density at radius 2 is 1.82 bits per heavy atom. The van der Waals surface area contributed by atoms with Crippen molar-refractivity contribution >= 4 is 15.9 Å². The second-order valence-electron chi connectivity index (χ2n) is 4.21. The lowest BCUT2D eigenvalue weighted by Gasteiger charge is -2.08. The maximum Gasteiger partial charge on any atom is 0.266 e. The van der Waals surface area contributed by atoms with E-state index in [1.807, 2.05) is 16.3 Å². The summed E-state index contributed by atoms with van der Waals surface area (Å²) in [5.74, 6) is -1.24. The highest BCUT2D eigenvalue weighted by Crippen LogP contribution is 2.10. The van der Waals surface area contributed by atoms with Gasteiger partial charge in [0.25, 0.3) is 15.9 Å². The van der Waals surface area contributed by atoms with E-state index in [1.54, 1.807) is 0 Å². The molecule has 112 valence electrons. The molecule has 2 N–H and O–H groups in total. The number of carbonyl (C=O) groups excluding carboxylic acids is 1. The number of halogens is 1. The monoisotopic (exact) mass is 319 g/mol. The van der Waals surface area contributed by atoms with Gasteiger partial charge in [-0.3, -0.25) is 10.2 Å². The number of hydrazine groups is 1. The summed E-state index contributed by atoms with van der Waals surface area (Å²) in [5, 5.41) is 8.75. The molecule has 2 aromatic carbocycles. The van der Waals surface area contributed by atoms with Crippen LogP contribution in [0.25, 0.3) is 0 Å². The average Bonchev–Trinajstić information content (AvgIpc) is 2.53. The van der Waals surface area contributed by atoms with E-state index >= 15 is 0 Å². The number of nitriles is 1. The molecule has 0 bridgehead atoms. The number of amides is 1. The van der Waals surface area contributed by atoms with Gasteiger partial charge in [0, 0.05) is 5.56 Å². The standard InChI is InChI=1S/C14H10FN3O3S/c15-12-6-4-11(5-7-12)14(19)17-18-22(20,21)13-3-1-2-10(8-13)9-16/h1-8,18H,(H,17,19). The summed E-state index contributed by atoms with van der Waals surface area (Å²) >= 11 is 0. The second kappa shape index (κ2) is 6.34. The zero-order valence-corrected chi connectivity index (χ0v) is 11.9. The first-order valence-corrected chi connectivity index (χ1v) is 7.48. The molecule has 22 heavy (non-hydrogen) atoms. The molecule has 0 atom stereocenters. The van der Waals surface area contributed by atoms with Crippen molar-refractivity contribution in [1.29, 1.82) is 5.26 Å². The first kappa shape index (κ1) is 15.6. The SMILES string of the molecule is N#Cc1cccc(S(=O)(=O)NNC(=O)c2ccc(F)cc2)c1. The Morgan fingerprint density at radius 3 is 2.45 bits per heavy atom. The molecule has 0 radical (unpaired) electrons. The van der Waals surface area contributed by atoms with Crippen LogP contribution in [0, 0.1) is 17.1 Å². The van der Waals surface area contributed by atoms with Crippen molar-refractivity contribution in [3.63, 3.8) is 0 Å². The number of sulfonamides is 1. The third-order valence-corrected chi connectivity index (χ3v) is 3.92. The van der Waals surface area contributed by atoms with Crippen LogP contribution in [0.3, 0.4) is 0 Å². The smallest absolute Gasteiger partial charge is 0.266 e. The average molecular weight is 319 g/mol. The molecule has 2 aromatic rings. The lowest BCUT2D eigenvalue weighted by molar-refractivity contribution is 0.0945. The number of hydrogen-bond donors (Lipinski definition) is 2. The Hall–Kier alpha value is -2.76. The molecule has 0 heterocycles. The zero-order valence-electron chi connectivity index (χ0n) is 11.1. The van der Waals surface area contributed by atoms with E-state index in [0.717, 1.165) is 12.1 Å². The highest BCUT2D eigenvalue weighted by molar-refractivity contribution is 7.89. The molecule has 0 spiro atoms. The molecular formula is C14H10FN3O3S. The van der Waals surface area contributed by atoms with Gasteiger partial charge >= 0.3 is 0 Å². The fourth-order valence-electron chi connectivity index (χ4n) is 1.58. The molecule has 0 fully saturated rings. The van der Waals surface area contributed by atoms with Crippen molar-refractivity contribution in [3.05, 3.63) is 65.5 Å². The van der Waals surface area contributed by atoms with Crippen LogP contribution < -0.4 is 10.3 Å². The Balaban J connectivity index is 2.11. The Morgan fingerprint density at radius 1 is 1.14 bits per heavy atom. The molecule has 0 saturated heterocycles. The minimum absolute atomic E-state index is 0.0925. The van der Waals surface area contributed by atoms with Crippen LogP contribution in [0.2, 0.25) is 0 Å². The molecule has 2 rings (SSSR count). The summed E-state index contributed by atoms with van der Waals surface area (Å²) in [4.78, 5) is 13.5. The fourth-order valence-corrected chi connectivity index (χ4v) is 2.46. The second-order valence-corrected chi connectivity index (χ2v) is 5.89. The molecule has 1 amide bonds. The summed E-state index contributed by atoms with van der Waals surface area (Å²) in [5.41, 5.74) is 2.28. The Labute approximate surface area is 126 Å². The highest BCUT2D eigenvalue weighted by Gasteiger charge is 2.16. The molecule has 0 aromatic heterocycles. The number of rotatable bonds is 4. The van der Waals surface area contributed by atoms with Gasteiger partial charge in [-0.1, -0.05) is 6.07 Å². The van der Waals surface area contributed by atoms with Gasteiger partial charge in [0.05, 0.1) is 16.5 Å². The first-order valence-electron chi connectivity index (χ1n) is 6.00. The van der Waals surface area contributed by atoms with Gasteiger partial charge in [0.15, 0.2) is 0 Å². The topological polar surface area (TPSA) is 99.1 Å². The molecule has 8 heteroatoms. The van der Waals surface area contributed by atoms with Gasteiger partial charge in [-0.15, -0.1) is 4.83 Å². The largest absolute Gasteiger partial charge is 0.273 e. The van der Waals surface area contributed by atoms with Crippen LogP contribution in [-0.4, -0.2) is 14.3 Å². The molecule has 0 unspecified atom stereocenters. The van der Waals surface area contributed by atoms with Crippen molar-refractivity contribution < 1.29 is 17.6 Å². The Bertz CT molecular complexity index is 842. The lowest BCUT2D eigenvalue weighted by Crippen LogP contribution is -2.41. The maximum atomic E-state index is 12.7.